The van der Waals surface area contributed by atoms with Gasteiger partial charge < -0.3 is 29.2 Å². The molecular weight excluding hydrogens is 643 g/mol. The Kier molecular flexibility index (Phi) is 13.1. The Morgan fingerprint density at radius 1 is 1.06 bits per heavy atom. The molecule has 3 atom stereocenters. The number of methoxy groups -OCH3 is 1. The highest BCUT2D eigenvalue weighted by Gasteiger charge is 2.33. The first-order chi connectivity index (χ1) is 22.9. The number of rotatable bonds is 14. The maximum atomic E-state index is 15.0. The summed E-state index contributed by atoms with van der Waals surface area (Å²) in [6.07, 6.45) is -4.30. The lowest BCUT2D eigenvalue weighted by Crippen LogP contribution is -2.50. The van der Waals surface area contributed by atoms with Crippen LogP contribution in [0, 0.1) is 11.6 Å². The monoisotopic (exact) mass is 680 g/mol. The Bertz CT molecular complexity index is 1490. The van der Waals surface area contributed by atoms with Gasteiger partial charge in [0.2, 0.25) is 5.91 Å². The quantitative estimate of drug-likeness (QED) is 0.172. The molecule has 1 saturated heterocycles. The number of aromatic nitrogens is 1. The van der Waals surface area contributed by atoms with Gasteiger partial charge in [-0.3, -0.25) is 15.1 Å². The highest BCUT2D eigenvalue weighted by Crippen LogP contribution is 2.31. The van der Waals surface area contributed by atoms with E-state index in [2.05, 4.69) is 15.6 Å². The van der Waals surface area contributed by atoms with Crippen LogP contribution in [-0.4, -0.2) is 87.5 Å². The van der Waals surface area contributed by atoms with E-state index in [4.69, 9.17) is 18.9 Å². The summed E-state index contributed by atoms with van der Waals surface area (Å²) in [4.78, 5) is 29.6. The first-order valence-electron chi connectivity index (χ1n) is 15.1. The number of carbonyl (C=O) groups excluding carboxylic acids is 2. The van der Waals surface area contributed by atoms with Crippen LogP contribution in [0.25, 0.3) is 0 Å². The van der Waals surface area contributed by atoms with Gasteiger partial charge in [0.1, 0.15) is 30.5 Å². The molecule has 1 aliphatic rings. The molecule has 2 N–H and O–H groups in total. The van der Waals surface area contributed by atoms with Crippen LogP contribution in [0.1, 0.15) is 35.4 Å². The molecule has 2 heterocycles. The van der Waals surface area contributed by atoms with E-state index in [-0.39, 0.29) is 37.2 Å². The Morgan fingerprint density at radius 3 is 2.38 bits per heavy atom. The van der Waals surface area contributed by atoms with E-state index in [9.17, 15) is 31.5 Å². The fraction of sp³-hybridized carbons (Fsp3) is 0.424. The van der Waals surface area contributed by atoms with Crippen molar-refractivity contribution in [3.63, 3.8) is 0 Å². The number of halogens is 5. The van der Waals surface area contributed by atoms with Crippen LogP contribution >= 0.6 is 0 Å². The minimum Gasteiger partial charge on any atom is -0.491 e. The molecule has 3 aromatic rings. The summed E-state index contributed by atoms with van der Waals surface area (Å²) in [7, 11) is 2.55. The predicted molar refractivity (Wildman–Crippen MR) is 165 cm³/mol. The lowest BCUT2D eigenvalue weighted by molar-refractivity contribution is -0.143. The highest BCUT2D eigenvalue weighted by molar-refractivity contribution is 5.92. The molecule has 0 bridgehead atoms. The summed E-state index contributed by atoms with van der Waals surface area (Å²) < 4.78 is 87.7. The molecule has 1 fully saturated rings. The summed E-state index contributed by atoms with van der Waals surface area (Å²) in [5, 5.41) is 5.67. The van der Waals surface area contributed by atoms with Crippen LogP contribution < -0.4 is 15.4 Å². The largest absolute Gasteiger partial charge is 0.491 e. The molecular formula is C33H37F5N4O6. The maximum Gasteiger partial charge on any atom is 0.411 e. The van der Waals surface area contributed by atoms with Crippen LogP contribution in [0.5, 0.6) is 5.75 Å². The standard InChI is InChI=1S/C33H37F5N4O6/c1-42(20-33(36,37)38)32(44)48-31-19-47-25(16-40-31)11-12-26-28(35)17-39-18-29(26)41-30(43)15-27(21-3-7-23(34)8-4-21)22-5-9-24(10-6-22)46-14-13-45-2/h3-10,17-18,25,27,31,40H,11-16,19-20H2,1-2H3,(H,41,43)/t25-,27+,31+/m1/s1. The molecule has 15 heteroatoms. The van der Waals surface area contributed by atoms with Crippen molar-refractivity contribution < 1.29 is 50.5 Å². The van der Waals surface area contributed by atoms with Crippen LogP contribution in [0.3, 0.4) is 0 Å². The fourth-order valence-electron chi connectivity index (χ4n) is 5.09. The number of ether oxygens (including phenoxy) is 4. The van der Waals surface area contributed by atoms with Crippen molar-refractivity contribution in [2.75, 3.05) is 52.4 Å². The summed E-state index contributed by atoms with van der Waals surface area (Å²) in [6, 6.07) is 13.0. The van der Waals surface area contributed by atoms with Gasteiger partial charge in [-0.05, 0) is 48.2 Å². The van der Waals surface area contributed by atoms with Gasteiger partial charge in [0.05, 0.1) is 37.4 Å². The molecule has 1 aromatic heterocycles. The number of nitrogens with zero attached hydrogens (tertiary/aromatic N) is 2. The molecule has 0 aliphatic carbocycles. The van der Waals surface area contributed by atoms with Crippen LogP contribution in [0.15, 0.2) is 60.9 Å². The topological polar surface area (TPSA) is 111 Å². The third kappa shape index (κ3) is 11.1. The number of benzene rings is 2. The molecule has 0 unspecified atom stereocenters. The molecule has 0 saturated carbocycles. The van der Waals surface area contributed by atoms with Gasteiger partial charge >= 0.3 is 12.3 Å². The fourth-order valence-corrected chi connectivity index (χ4v) is 5.09. The number of alkyl halides is 3. The smallest absolute Gasteiger partial charge is 0.411 e. The number of carbonyl (C=O) groups is 2. The minimum absolute atomic E-state index is 0.0423. The number of morpholine rings is 1. The number of hydrogen-bond acceptors (Lipinski definition) is 8. The van der Waals surface area contributed by atoms with Gasteiger partial charge in [-0.1, -0.05) is 24.3 Å². The average Bonchev–Trinajstić information content (AvgIpc) is 3.04. The van der Waals surface area contributed by atoms with Gasteiger partial charge in [0, 0.05) is 38.6 Å². The Balaban J connectivity index is 1.36. The molecule has 0 radical (unpaired) electrons. The number of amides is 2. The van der Waals surface area contributed by atoms with E-state index in [0.29, 0.717) is 35.8 Å². The molecule has 2 aromatic carbocycles. The van der Waals surface area contributed by atoms with Crippen LogP contribution in [0.4, 0.5) is 32.4 Å². The molecule has 0 spiro atoms. The highest BCUT2D eigenvalue weighted by atomic mass is 19.4. The third-order valence-electron chi connectivity index (χ3n) is 7.52. The summed E-state index contributed by atoms with van der Waals surface area (Å²) in [5.41, 5.74) is 1.88. The second kappa shape index (κ2) is 17.2. The summed E-state index contributed by atoms with van der Waals surface area (Å²) >= 11 is 0. The van der Waals surface area contributed by atoms with E-state index < -0.39 is 54.6 Å². The van der Waals surface area contributed by atoms with Gasteiger partial charge in [-0.15, -0.1) is 0 Å². The second-order valence-corrected chi connectivity index (χ2v) is 11.2. The maximum absolute atomic E-state index is 15.0. The zero-order chi connectivity index (χ0) is 34.7. The number of anilines is 1. The number of pyridine rings is 1. The Morgan fingerprint density at radius 2 is 1.75 bits per heavy atom. The zero-order valence-electron chi connectivity index (χ0n) is 26.4. The molecule has 2 amide bonds. The van der Waals surface area contributed by atoms with Crippen molar-refractivity contribution in [2.45, 2.75) is 43.7 Å². The van der Waals surface area contributed by atoms with Crippen molar-refractivity contribution in [3.8, 4) is 5.75 Å². The first kappa shape index (κ1) is 36.5. The van der Waals surface area contributed by atoms with Crippen molar-refractivity contribution >= 4 is 17.7 Å². The third-order valence-corrected chi connectivity index (χ3v) is 7.52. The van der Waals surface area contributed by atoms with Crippen molar-refractivity contribution in [1.82, 2.24) is 15.2 Å². The number of hydrogen-bond donors (Lipinski definition) is 2. The number of nitrogens with one attached hydrogen (secondary N) is 2. The first-order valence-corrected chi connectivity index (χ1v) is 15.1. The van der Waals surface area contributed by atoms with Gasteiger partial charge in [0.15, 0.2) is 6.23 Å². The Labute approximate surface area is 274 Å². The van der Waals surface area contributed by atoms with Crippen LogP contribution in [0.2, 0.25) is 0 Å². The molecule has 1 aliphatic heterocycles. The molecule has 10 nitrogen and oxygen atoms in total. The zero-order valence-corrected chi connectivity index (χ0v) is 26.4. The van der Waals surface area contributed by atoms with Gasteiger partial charge in [-0.25, -0.2) is 13.6 Å². The average molecular weight is 681 g/mol. The van der Waals surface area contributed by atoms with Gasteiger partial charge in [0.25, 0.3) is 0 Å². The lowest BCUT2D eigenvalue weighted by atomic mass is 9.88. The van der Waals surface area contributed by atoms with E-state index in [1.165, 1.54) is 18.3 Å². The van der Waals surface area contributed by atoms with Gasteiger partial charge in [-0.2, -0.15) is 13.2 Å². The summed E-state index contributed by atoms with van der Waals surface area (Å²) in [5.74, 6) is -1.30. The van der Waals surface area contributed by atoms with Crippen LogP contribution in [-0.2, 0) is 25.4 Å². The van der Waals surface area contributed by atoms with E-state index in [0.717, 1.165) is 18.8 Å². The molecule has 260 valence electrons. The lowest BCUT2D eigenvalue weighted by Gasteiger charge is -2.31. The normalized spacial score (nSPS) is 17.0. The van der Waals surface area contributed by atoms with Crippen molar-refractivity contribution in [1.29, 1.82) is 0 Å². The predicted octanol–water partition coefficient (Wildman–Crippen LogP) is 5.42. The minimum atomic E-state index is -4.56. The van der Waals surface area contributed by atoms with E-state index >= 15 is 0 Å². The SMILES string of the molecule is COCCOc1ccc([C@@H](CC(=O)Nc2cncc(F)c2CC[C@@H]2CN[C@@H](OC(=O)N(C)CC(F)(F)F)CO2)c2ccc(F)cc2)cc1. The van der Waals surface area contributed by atoms with Crippen molar-refractivity contribution in [3.05, 3.63) is 89.2 Å². The molecule has 4 rings (SSSR count). The Hall–Kier alpha value is -4.34. The summed E-state index contributed by atoms with van der Waals surface area (Å²) in [6.45, 7) is -0.596. The van der Waals surface area contributed by atoms with E-state index in [1.807, 2.05) is 12.1 Å². The van der Waals surface area contributed by atoms with E-state index in [1.54, 1.807) is 31.4 Å². The second-order valence-electron chi connectivity index (χ2n) is 11.2. The van der Waals surface area contributed by atoms with Crippen molar-refractivity contribution in [2.24, 2.45) is 0 Å². The molecule has 48 heavy (non-hydrogen) atoms.